The first-order chi connectivity index (χ1) is 9.22. The van der Waals surface area contributed by atoms with E-state index in [-0.39, 0.29) is 5.97 Å². The van der Waals surface area contributed by atoms with E-state index in [1.807, 2.05) is 12.1 Å². The molecule has 1 saturated heterocycles. The molecule has 3 heteroatoms. The van der Waals surface area contributed by atoms with Crippen LogP contribution < -0.4 is 0 Å². The molecule has 1 aromatic carbocycles. The minimum atomic E-state index is -0.189. The summed E-state index contributed by atoms with van der Waals surface area (Å²) in [4.78, 5) is 14.5. The van der Waals surface area contributed by atoms with Crippen LogP contribution in [0.4, 0.5) is 0 Å². The fraction of sp³-hybridized carbons (Fsp3) is 0.562. The van der Waals surface area contributed by atoms with Crippen molar-refractivity contribution in [2.24, 2.45) is 0 Å². The number of carbonyl (C=O) groups is 1. The number of ether oxygens (including phenoxy) is 1. The van der Waals surface area contributed by atoms with Crippen LogP contribution in [-0.4, -0.2) is 37.6 Å². The van der Waals surface area contributed by atoms with Crippen LogP contribution in [-0.2, 0) is 11.2 Å². The van der Waals surface area contributed by atoms with Crippen molar-refractivity contribution < 1.29 is 9.53 Å². The van der Waals surface area contributed by atoms with Gasteiger partial charge in [-0.15, -0.1) is 0 Å². The molecule has 0 saturated carbocycles. The Morgan fingerprint density at radius 2 is 2.21 bits per heavy atom. The minimum Gasteiger partial charge on any atom is -0.465 e. The van der Waals surface area contributed by atoms with Gasteiger partial charge in [-0.1, -0.05) is 12.1 Å². The molecule has 2 atom stereocenters. The summed E-state index contributed by atoms with van der Waals surface area (Å²) in [5.41, 5.74) is 3.39. The zero-order valence-corrected chi connectivity index (χ0v) is 11.7. The Labute approximate surface area is 114 Å². The molecule has 3 nitrogen and oxygen atoms in total. The first-order valence-electron chi connectivity index (χ1n) is 7.12. The predicted molar refractivity (Wildman–Crippen MR) is 74.5 cm³/mol. The van der Waals surface area contributed by atoms with Gasteiger partial charge in [0.25, 0.3) is 0 Å². The molecule has 1 aliphatic heterocycles. The SMILES string of the molecule is COC(=O)c1cccc2c1C1CCCN(C)C1CC2. The van der Waals surface area contributed by atoms with E-state index in [0.29, 0.717) is 12.0 Å². The number of likely N-dealkylation sites (tertiary alicyclic amines) is 1. The Morgan fingerprint density at radius 1 is 1.37 bits per heavy atom. The monoisotopic (exact) mass is 259 g/mol. The highest BCUT2D eigenvalue weighted by Gasteiger charge is 2.36. The van der Waals surface area contributed by atoms with Crippen LogP contribution in [0.15, 0.2) is 18.2 Å². The van der Waals surface area contributed by atoms with E-state index in [1.54, 1.807) is 0 Å². The molecular weight excluding hydrogens is 238 g/mol. The molecule has 0 amide bonds. The number of hydrogen-bond donors (Lipinski definition) is 0. The van der Waals surface area contributed by atoms with Crippen molar-refractivity contribution >= 4 is 5.97 Å². The summed E-state index contributed by atoms with van der Waals surface area (Å²) in [6.07, 6.45) is 4.69. The number of piperidine rings is 1. The zero-order chi connectivity index (χ0) is 13.4. The van der Waals surface area contributed by atoms with Crippen molar-refractivity contribution in [1.29, 1.82) is 0 Å². The van der Waals surface area contributed by atoms with Gasteiger partial charge in [0.05, 0.1) is 12.7 Å². The highest BCUT2D eigenvalue weighted by Crippen LogP contribution is 2.41. The quantitative estimate of drug-likeness (QED) is 0.726. The maximum Gasteiger partial charge on any atom is 0.338 e. The van der Waals surface area contributed by atoms with E-state index in [4.69, 9.17) is 4.74 Å². The summed E-state index contributed by atoms with van der Waals surface area (Å²) < 4.78 is 4.96. The van der Waals surface area contributed by atoms with Gasteiger partial charge in [-0.25, -0.2) is 4.79 Å². The smallest absolute Gasteiger partial charge is 0.338 e. The molecule has 1 heterocycles. The number of hydrogen-bond acceptors (Lipinski definition) is 3. The van der Waals surface area contributed by atoms with Crippen molar-refractivity contribution in [2.75, 3.05) is 20.7 Å². The molecule has 0 bridgehead atoms. The Hall–Kier alpha value is -1.35. The highest BCUT2D eigenvalue weighted by molar-refractivity contribution is 5.91. The standard InChI is InChI=1S/C16H21NO2/c1-17-10-4-7-12-14(17)9-8-11-5-3-6-13(15(11)12)16(18)19-2/h3,5-6,12,14H,4,7-10H2,1-2H3. The summed E-state index contributed by atoms with van der Waals surface area (Å²) in [7, 11) is 3.68. The Bertz CT molecular complexity index is 498. The van der Waals surface area contributed by atoms with Crippen LogP contribution in [0.2, 0.25) is 0 Å². The summed E-state index contributed by atoms with van der Waals surface area (Å²) in [6, 6.07) is 6.67. The number of nitrogens with zero attached hydrogens (tertiary/aromatic N) is 1. The number of aryl methyl sites for hydroxylation is 1. The highest BCUT2D eigenvalue weighted by atomic mass is 16.5. The second-order valence-electron chi connectivity index (χ2n) is 5.71. The molecule has 0 spiro atoms. The van der Waals surface area contributed by atoms with Gasteiger partial charge in [-0.05, 0) is 56.5 Å². The van der Waals surface area contributed by atoms with Crippen LogP contribution in [0.1, 0.15) is 46.7 Å². The van der Waals surface area contributed by atoms with Gasteiger partial charge in [0.2, 0.25) is 0 Å². The molecule has 102 valence electrons. The fourth-order valence-electron chi connectivity index (χ4n) is 3.84. The van der Waals surface area contributed by atoms with Crippen molar-refractivity contribution in [2.45, 2.75) is 37.6 Å². The maximum atomic E-state index is 12.0. The third-order valence-electron chi connectivity index (χ3n) is 4.74. The molecule has 1 aromatic rings. The average molecular weight is 259 g/mol. The number of rotatable bonds is 1. The molecule has 0 radical (unpaired) electrons. The third kappa shape index (κ3) is 2.06. The zero-order valence-electron chi connectivity index (χ0n) is 11.7. The lowest BCUT2D eigenvalue weighted by Crippen LogP contribution is -2.44. The Balaban J connectivity index is 2.07. The van der Waals surface area contributed by atoms with Crippen LogP contribution >= 0.6 is 0 Å². The second-order valence-corrected chi connectivity index (χ2v) is 5.71. The van der Waals surface area contributed by atoms with Gasteiger partial charge in [-0.3, -0.25) is 0 Å². The van der Waals surface area contributed by atoms with Gasteiger partial charge >= 0.3 is 5.97 Å². The largest absolute Gasteiger partial charge is 0.465 e. The molecule has 3 rings (SSSR count). The topological polar surface area (TPSA) is 29.5 Å². The molecule has 0 N–H and O–H groups in total. The van der Waals surface area contributed by atoms with Crippen LogP contribution in [0.5, 0.6) is 0 Å². The summed E-state index contributed by atoms with van der Waals surface area (Å²) in [6.45, 7) is 1.18. The third-order valence-corrected chi connectivity index (χ3v) is 4.74. The van der Waals surface area contributed by atoms with Gasteiger partial charge in [0.15, 0.2) is 0 Å². The van der Waals surface area contributed by atoms with Gasteiger partial charge in [-0.2, -0.15) is 0 Å². The van der Waals surface area contributed by atoms with Gasteiger partial charge in [0, 0.05) is 12.0 Å². The molecule has 19 heavy (non-hydrogen) atoms. The van der Waals surface area contributed by atoms with Crippen LogP contribution in [0, 0.1) is 0 Å². The predicted octanol–water partition coefficient (Wildman–Crippen LogP) is 2.60. The average Bonchev–Trinajstić information content (AvgIpc) is 2.46. The number of likely N-dealkylation sites (N-methyl/N-ethyl adjacent to an activating group) is 1. The summed E-state index contributed by atoms with van der Waals surface area (Å²) in [5, 5.41) is 0. The lowest BCUT2D eigenvalue weighted by molar-refractivity contribution is 0.0595. The fourth-order valence-corrected chi connectivity index (χ4v) is 3.84. The number of fused-ring (bicyclic) bond motifs is 3. The van der Waals surface area contributed by atoms with Crippen molar-refractivity contribution in [3.05, 3.63) is 34.9 Å². The van der Waals surface area contributed by atoms with E-state index in [9.17, 15) is 4.79 Å². The maximum absolute atomic E-state index is 12.0. The normalized spacial score (nSPS) is 26.4. The molecule has 2 unspecified atom stereocenters. The van der Waals surface area contributed by atoms with E-state index < -0.39 is 0 Å². The van der Waals surface area contributed by atoms with E-state index in [2.05, 4.69) is 18.0 Å². The molecular formula is C16H21NO2. The number of benzene rings is 1. The molecule has 0 aromatic heterocycles. The summed E-state index contributed by atoms with van der Waals surface area (Å²) in [5.74, 6) is 0.309. The first kappa shape index (κ1) is 12.7. The molecule has 2 aliphatic rings. The Morgan fingerprint density at radius 3 is 3.00 bits per heavy atom. The van der Waals surface area contributed by atoms with Crippen molar-refractivity contribution in [3.8, 4) is 0 Å². The lowest BCUT2D eigenvalue weighted by atomic mass is 9.73. The van der Waals surface area contributed by atoms with Gasteiger partial charge in [0.1, 0.15) is 0 Å². The molecule has 1 aliphatic carbocycles. The van der Waals surface area contributed by atoms with E-state index >= 15 is 0 Å². The lowest BCUT2D eigenvalue weighted by Gasteiger charge is -2.43. The number of methoxy groups -OCH3 is 1. The van der Waals surface area contributed by atoms with Crippen LogP contribution in [0.25, 0.3) is 0 Å². The number of esters is 1. The van der Waals surface area contributed by atoms with Gasteiger partial charge < -0.3 is 9.64 Å². The minimum absolute atomic E-state index is 0.189. The summed E-state index contributed by atoms with van der Waals surface area (Å²) >= 11 is 0. The van der Waals surface area contributed by atoms with E-state index in [1.165, 1.54) is 44.0 Å². The molecule has 1 fully saturated rings. The second kappa shape index (κ2) is 4.97. The number of carbonyl (C=O) groups excluding carboxylic acids is 1. The van der Waals surface area contributed by atoms with Crippen molar-refractivity contribution in [1.82, 2.24) is 4.90 Å². The van der Waals surface area contributed by atoms with Crippen LogP contribution in [0.3, 0.4) is 0 Å². The Kier molecular flexibility index (Phi) is 3.31. The first-order valence-corrected chi connectivity index (χ1v) is 7.12. The van der Waals surface area contributed by atoms with Crippen molar-refractivity contribution in [3.63, 3.8) is 0 Å². The van der Waals surface area contributed by atoms with E-state index in [0.717, 1.165) is 12.0 Å².